The number of methoxy groups -OCH3 is 1. The van der Waals surface area contributed by atoms with Gasteiger partial charge in [0.05, 0.1) is 6.61 Å². The van der Waals surface area contributed by atoms with Gasteiger partial charge in [0, 0.05) is 31.3 Å². The highest BCUT2D eigenvalue weighted by atomic mass is 32.2. The molecule has 2 N–H and O–H groups in total. The first-order chi connectivity index (χ1) is 11.5. The number of nitrogens with zero attached hydrogens (tertiary/aromatic N) is 1. The Morgan fingerprint density at radius 3 is 2.92 bits per heavy atom. The van der Waals surface area contributed by atoms with Gasteiger partial charge in [-0.3, -0.25) is 0 Å². The van der Waals surface area contributed by atoms with Gasteiger partial charge in [0.1, 0.15) is 28.1 Å². The van der Waals surface area contributed by atoms with Crippen LogP contribution in [0, 0.1) is 0 Å². The van der Waals surface area contributed by atoms with Crippen LogP contribution in [0.15, 0.2) is 46.0 Å². The van der Waals surface area contributed by atoms with Gasteiger partial charge in [-0.15, -0.1) is 0 Å². The van der Waals surface area contributed by atoms with Crippen molar-refractivity contribution in [3.8, 4) is 0 Å². The van der Waals surface area contributed by atoms with Gasteiger partial charge in [-0.05, 0) is 24.3 Å². The van der Waals surface area contributed by atoms with Crippen LogP contribution in [-0.4, -0.2) is 32.1 Å². The van der Waals surface area contributed by atoms with E-state index in [4.69, 9.17) is 9.15 Å². The van der Waals surface area contributed by atoms with Gasteiger partial charge < -0.3 is 14.1 Å². The number of ether oxygens (including phenoxy) is 1. The van der Waals surface area contributed by atoms with Gasteiger partial charge in [0.15, 0.2) is 0 Å². The zero-order valence-electron chi connectivity index (χ0n) is 13.4. The molecule has 0 aromatic carbocycles. The average molecular weight is 349 g/mol. The van der Waals surface area contributed by atoms with E-state index in [1.165, 1.54) is 13.3 Å². The van der Waals surface area contributed by atoms with E-state index in [-0.39, 0.29) is 11.5 Å². The molecule has 3 aromatic rings. The highest BCUT2D eigenvalue weighted by molar-refractivity contribution is 7.89. The van der Waals surface area contributed by atoms with Crippen molar-refractivity contribution in [3.63, 3.8) is 0 Å². The van der Waals surface area contributed by atoms with E-state index < -0.39 is 16.1 Å². The van der Waals surface area contributed by atoms with Crippen molar-refractivity contribution in [1.82, 2.24) is 14.7 Å². The Morgan fingerprint density at radius 1 is 1.38 bits per heavy atom. The smallest absolute Gasteiger partial charge is 0.243 e. The maximum atomic E-state index is 12.8. The minimum atomic E-state index is -3.77. The van der Waals surface area contributed by atoms with Crippen molar-refractivity contribution in [2.45, 2.75) is 24.3 Å². The molecule has 0 saturated heterocycles. The first-order valence-electron chi connectivity index (χ1n) is 7.57. The molecule has 0 aliphatic heterocycles. The second-order valence-corrected chi connectivity index (χ2v) is 7.02. The summed E-state index contributed by atoms with van der Waals surface area (Å²) in [7, 11) is -2.26. The quantitative estimate of drug-likeness (QED) is 0.682. The van der Waals surface area contributed by atoms with Crippen molar-refractivity contribution in [2.24, 2.45) is 0 Å². The molecule has 3 heterocycles. The zero-order valence-corrected chi connectivity index (χ0v) is 14.3. The Morgan fingerprint density at radius 2 is 2.21 bits per heavy atom. The molecule has 0 saturated carbocycles. The lowest BCUT2D eigenvalue weighted by atomic mass is 10.2. The first kappa shape index (κ1) is 16.7. The largest absolute Gasteiger partial charge is 0.464 e. The molecular weight excluding hydrogens is 330 g/mol. The second-order valence-electron chi connectivity index (χ2n) is 5.34. The third-order valence-electron chi connectivity index (χ3n) is 3.71. The predicted molar refractivity (Wildman–Crippen MR) is 89.1 cm³/mol. The van der Waals surface area contributed by atoms with Gasteiger partial charge in [0.25, 0.3) is 0 Å². The van der Waals surface area contributed by atoms with Gasteiger partial charge in [-0.25, -0.2) is 13.4 Å². The molecule has 128 valence electrons. The maximum absolute atomic E-state index is 12.8. The van der Waals surface area contributed by atoms with Gasteiger partial charge >= 0.3 is 0 Å². The second kappa shape index (κ2) is 6.76. The number of hydrogen-bond donors (Lipinski definition) is 2. The Hall–Kier alpha value is -2.16. The van der Waals surface area contributed by atoms with E-state index in [0.29, 0.717) is 16.8 Å². The Balaban J connectivity index is 1.93. The number of nitrogens with one attached hydrogen (secondary N) is 2. The monoisotopic (exact) mass is 349 g/mol. The minimum Gasteiger partial charge on any atom is -0.464 e. The summed E-state index contributed by atoms with van der Waals surface area (Å²) in [4.78, 5) is 7.13. The van der Waals surface area contributed by atoms with Gasteiger partial charge in [-0.2, -0.15) is 4.72 Å². The lowest BCUT2D eigenvalue weighted by molar-refractivity contribution is 0.166. The Kier molecular flexibility index (Phi) is 4.70. The topological polar surface area (TPSA) is 97.2 Å². The van der Waals surface area contributed by atoms with Crippen molar-refractivity contribution in [2.75, 3.05) is 13.7 Å². The van der Waals surface area contributed by atoms with Crippen LogP contribution in [-0.2, 0) is 21.2 Å². The van der Waals surface area contributed by atoms with E-state index in [9.17, 15) is 8.42 Å². The summed E-state index contributed by atoms with van der Waals surface area (Å²) in [6.45, 7) is 2.13. The first-order valence-corrected chi connectivity index (χ1v) is 9.05. The molecule has 0 aliphatic rings. The normalized spacial score (nSPS) is 13.4. The van der Waals surface area contributed by atoms with Gasteiger partial charge in [0.2, 0.25) is 10.0 Å². The summed E-state index contributed by atoms with van der Waals surface area (Å²) in [6.07, 6.45) is 3.77. The zero-order chi connectivity index (χ0) is 17.2. The number of H-pyrrole nitrogens is 1. The summed E-state index contributed by atoms with van der Waals surface area (Å²) in [5.74, 6) is 1.32. The van der Waals surface area contributed by atoms with E-state index in [0.717, 1.165) is 12.2 Å². The molecule has 3 aromatic heterocycles. The highest BCUT2D eigenvalue weighted by Crippen LogP contribution is 2.24. The maximum Gasteiger partial charge on any atom is 0.243 e. The van der Waals surface area contributed by atoms with Crippen LogP contribution in [0.5, 0.6) is 0 Å². The number of aromatic nitrogens is 2. The van der Waals surface area contributed by atoms with Crippen LogP contribution in [0.2, 0.25) is 0 Å². The number of fused-ring (bicyclic) bond motifs is 1. The van der Waals surface area contributed by atoms with E-state index in [2.05, 4.69) is 14.7 Å². The number of rotatable bonds is 7. The number of hydrogen-bond acceptors (Lipinski definition) is 5. The van der Waals surface area contributed by atoms with E-state index >= 15 is 0 Å². The van der Waals surface area contributed by atoms with Crippen LogP contribution < -0.4 is 4.72 Å². The third-order valence-corrected chi connectivity index (χ3v) is 5.22. The fourth-order valence-corrected chi connectivity index (χ4v) is 3.87. The number of sulfonamides is 1. The number of furan rings is 1. The summed E-state index contributed by atoms with van der Waals surface area (Å²) in [5.41, 5.74) is 0.521. The van der Waals surface area contributed by atoms with Crippen LogP contribution >= 0.6 is 0 Å². The molecule has 8 heteroatoms. The lowest BCUT2D eigenvalue weighted by Crippen LogP contribution is -2.31. The molecule has 0 aliphatic carbocycles. The van der Waals surface area contributed by atoms with Crippen molar-refractivity contribution in [3.05, 3.63) is 48.2 Å². The summed E-state index contributed by atoms with van der Waals surface area (Å²) >= 11 is 0. The minimum absolute atomic E-state index is 0.147. The molecule has 0 fully saturated rings. The fraction of sp³-hybridized carbons (Fsp3) is 0.312. The molecule has 0 radical (unpaired) electrons. The molecule has 0 bridgehead atoms. The standard InChI is InChI=1S/C16H19N3O4S/c1-3-11-6-7-14(23-11)13(10-22-2)19-24(20,21)15-9-18-16-12(15)5-4-8-17-16/h4-9,13,19H,3,10H2,1-2H3,(H,17,18). The summed E-state index contributed by atoms with van der Waals surface area (Å²) in [5, 5.41) is 0.537. The van der Waals surface area contributed by atoms with Crippen LogP contribution in [0.25, 0.3) is 11.0 Å². The Labute approximate surface area is 140 Å². The Bertz CT molecular complexity index is 930. The highest BCUT2D eigenvalue weighted by Gasteiger charge is 2.26. The SMILES string of the molecule is CCc1ccc(C(COC)NS(=O)(=O)c2c[nH]c3ncccc23)o1. The molecule has 1 atom stereocenters. The molecule has 7 nitrogen and oxygen atoms in total. The summed E-state index contributed by atoms with van der Waals surface area (Å²) < 4.78 is 39.0. The lowest BCUT2D eigenvalue weighted by Gasteiger charge is -2.15. The van der Waals surface area contributed by atoms with Crippen molar-refractivity contribution >= 4 is 21.1 Å². The number of aryl methyl sites for hydroxylation is 1. The molecule has 0 amide bonds. The third kappa shape index (κ3) is 3.21. The molecule has 0 spiro atoms. The molecule has 3 rings (SSSR count). The van der Waals surface area contributed by atoms with Gasteiger partial charge in [-0.1, -0.05) is 6.92 Å². The number of pyridine rings is 1. The molecule has 24 heavy (non-hydrogen) atoms. The fourth-order valence-electron chi connectivity index (χ4n) is 2.52. The van der Waals surface area contributed by atoms with Crippen molar-refractivity contribution in [1.29, 1.82) is 0 Å². The van der Waals surface area contributed by atoms with Crippen LogP contribution in [0.3, 0.4) is 0 Å². The number of aromatic amines is 1. The van der Waals surface area contributed by atoms with Crippen LogP contribution in [0.4, 0.5) is 0 Å². The average Bonchev–Trinajstić information content (AvgIpc) is 3.21. The van der Waals surface area contributed by atoms with E-state index in [1.807, 2.05) is 13.0 Å². The van der Waals surface area contributed by atoms with Crippen LogP contribution in [0.1, 0.15) is 24.5 Å². The van der Waals surface area contributed by atoms with Crippen molar-refractivity contribution < 1.29 is 17.6 Å². The predicted octanol–water partition coefficient (Wildman–Crippen LogP) is 2.38. The van der Waals surface area contributed by atoms with E-state index in [1.54, 1.807) is 24.4 Å². The molecular formula is C16H19N3O4S. The molecule has 1 unspecified atom stereocenters. The summed E-state index contributed by atoms with van der Waals surface area (Å²) in [6, 6.07) is 6.40.